The first kappa shape index (κ1) is 14.8. The number of nitrogens with zero attached hydrogens (tertiary/aromatic N) is 1. The molecule has 21 heavy (non-hydrogen) atoms. The molecule has 1 atom stereocenters. The second-order valence-corrected chi connectivity index (χ2v) is 6.02. The van der Waals surface area contributed by atoms with Crippen molar-refractivity contribution >= 4 is 17.3 Å². The van der Waals surface area contributed by atoms with Gasteiger partial charge in [0.05, 0.1) is 18.2 Å². The third-order valence-corrected chi connectivity index (χ3v) is 4.36. The summed E-state index contributed by atoms with van der Waals surface area (Å²) in [6.07, 6.45) is 4.34. The fourth-order valence-electron chi connectivity index (χ4n) is 2.85. The van der Waals surface area contributed by atoms with Crippen molar-refractivity contribution in [2.75, 3.05) is 37.7 Å². The Balaban J connectivity index is 1.52. The summed E-state index contributed by atoms with van der Waals surface area (Å²) in [5.74, 6) is -0.352. The van der Waals surface area contributed by atoms with Gasteiger partial charge in [-0.25, -0.2) is 4.39 Å². The molecule has 2 aliphatic rings. The average molecular weight is 311 g/mol. The van der Waals surface area contributed by atoms with Gasteiger partial charge in [-0.05, 0) is 36.6 Å². The van der Waals surface area contributed by atoms with Crippen LogP contribution in [0, 0.1) is 5.82 Å². The Morgan fingerprint density at radius 1 is 1.43 bits per heavy atom. The molecule has 0 saturated carbocycles. The minimum atomic E-state index is -0.352. The lowest BCUT2D eigenvalue weighted by atomic mass is 10.2. The average Bonchev–Trinajstić information content (AvgIpc) is 2.98. The van der Waals surface area contributed by atoms with Crippen LogP contribution in [0.4, 0.5) is 10.1 Å². The summed E-state index contributed by atoms with van der Waals surface area (Å²) in [7, 11) is 0. The molecule has 1 fully saturated rings. The van der Waals surface area contributed by atoms with E-state index in [1.54, 1.807) is 6.07 Å². The highest BCUT2D eigenvalue weighted by Gasteiger charge is 2.23. The van der Waals surface area contributed by atoms with Gasteiger partial charge in [-0.1, -0.05) is 17.7 Å². The van der Waals surface area contributed by atoms with Crippen molar-refractivity contribution in [3.63, 3.8) is 0 Å². The highest BCUT2D eigenvalue weighted by molar-refractivity contribution is 6.30. The Hall–Kier alpha value is -1.10. The van der Waals surface area contributed by atoms with E-state index in [0.29, 0.717) is 6.04 Å². The van der Waals surface area contributed by atoms with E-state index in [1.165, 1.54) is 11.6 Å². The van der Waals surface area contributed by atoms with Crippen LogP contribution in [0.25, 0.3) is 0 Å². The Kier molecular flexibility index (Phi) is 4.78. The standard InChI is InChI=1S/C16H20ClFN2O/c17-15-4-3-14(8-16(15)18)20-6-5-13(10-20)19-9-12-2-1-7-21-11-12/h2-4,8,13,19H,1,5-7,9-11H2/t13-/m1/s1. The van der Waals surface area contributed by atoms with Gasteiger partial charge in [-0.15, -0.1) is 0 Å². The molecule has 5 heteroatoms. The highest BCUT2D eigenvalue weighted by atomic mass is 35.5. The molecule has 0 bridgehead atoms. The van der Waals surface area contributed by atoms with E-state index in [0.717, 1.165) is 51.4 Å². The van der Waals surface area contributed by atoms with Crippen LogP contribution in [0.5, 0.6) is 0 Å². The zero-order valence-corrected chi connectivity index (χ0v) is 12.7. The number of hydrogen-bond acceptors (Lipinski definition) is 3. The summed E-state index contributed by atoms with van der Waals surface area (Å²) >= 11 is 5.73. The van der Waals surface area contributed by atoms with Crippen molar-refractivity contribution in [2.45, 2.75) is 18.9 Å². The molecule has 0 spiro atoms. The van der Waals surface area contributed by atoms with Crippen molar-refractivity contribution in [3.8, 4) is 0 Å². The second-order valence-electron chi connectivity index (χ2n) is 5.61. The summed E-state index contributed by atoms with van der Waals surface area (Å²) in [6, 6.07) is 5.46. The first-order valence-corrected chi connectivity index (χ1v) is 7.79. The molecule has 0 amide bonds. The number of ether oxygens (including phenoxy) is 1. The molecule has 1 aromatic rings. The van der Waals surface area contributed by atoms with Crippen LogP contribution in [0.15, 0.2) is 29.8 Å². The number of rotatable bonds is 4. The minimum absolute atomic E-state index is 0.178. The van der Waals surface area contributed by atoms with E-state index in [-0.39, 0.29) is 10.8 Å². The van der Waals surface area contributed by atoms with E-state index in [9.17, 15) is 4.39 Å². The van der Waals surface area contributed by atoms with Gasteiger partial charge in [0, 0.05) is 31.4 Å². The maximum absolute atomic E-state index is 13.5. The zero-order chi connectivity index (χ0) is 14.7. The molecule has 0 radical (unpaired) electrons. The molecule has 2 heterocycles. The minimum Gasteiger partial charge on any atom is -0.377 e. The van der Waals surface area contributed by atoms with Gasteiger partial charge < -0.3 is 15.0 Å². The van der Waals surface area contributed by atoms with Crippen molar-refractivity contribution in [2.24, 2.45) is 0 Å². The van der Waals surface area contributed by atoms with Crippen molar-refractivity contribution in [3.05, 3.63) is 40.7 Å². The lowest BCUT2D eigenvalue weighted by Crippen LogP contribution is -2.34. The fourth-order valence-corrected chi connectivity index (χ4v) is 2.97. The van der Waals surface area contributed by atoms with Crippen molar-refractivity contribution in [1.29, 1.82) is 0 Å². The van der Waals surface area contributed by atoms with E-state index >= 15 is 0 Å². The molecule has 2 aliphatic heterocycles. The first-order chi connectivity index (χ1) is 10.2. The molecule has 1 aromatic carbocycles. The molecule has 3 rings (SSSR count). The Bertz CT molecular complexity index is 535. The fraction of sp³-hybridized carbons (Fsp3) is 0.500. The summed E-state index contributed by atoms with van der Waals surface area (Å²) in [5, 5.41) is 3.74. The van der Waals surface area contributed by atoms with Crippen molar-refractivity contribution < 1.29 is 9.13 Å². The summed E-state index contributed by atoms with van der Waals surface area (Å²) in [6.45, 7) is 4.30. The predicted octanol–water partition coefficient (Wildman–Crippen LogP) is 2.99. The Labute approximate surface area is 129 Å². The van der Waals surface area contributed by atoms with E-state index in [4.69, 9.17) is 16.3 Å². The molecule has 0 aliphatic carbocycles. The Morgan fingerprint density at radius 3 is 3.10 bits per heavy atom. The van der Waals surface area contributed by atoms with Gasteiger partial charge in [0.1, 0.15) is 5.82 Å². The number of benzene rings is 1. The van der Waals surface area contributed by atoms with Gasteiger partial charge in [0.2, 0.25) is 0 Å². The van der Waals surface area contributed by atoms with E-state index in [1.807, 2.05) is 6.07 Å². The summed E-state index contributed by atoms with van der Waals surface area (Å²) in [5.41, 5.74) is 2.23. The van der Waals surface area contributed by atoms with Gasteiger partial charge in [0.25, 0.3) is 0 Å². The first-order valence-electron chi connectivity index (χ1n) is 7.41. The van der Waals surface area contributed by atoms with Crippen LogP contribution >= 0.6 is 11.6 Å². The highest BCUT2D eigenvalue weighted by Crippen LogP contribution is 2.25. The van der Waals surface area contributed by atoms with Gasteiger partial charge in [0.15, 0.2) is 0 Å². The third-order valence-electron chi connectivity index (χ3n) is 4.06. The van der Waals surface area contributed by atoms with Crippen LogP contribution in [-0.2, 0) is 4.74 Å². The molecule has 114 valence electrons. The van der Waals surface area contributed by atoms with E-state index in [2.05, 4.69) is 16.3 Å². The van der Waals surface area contributed by atoms with Gasteiger partial charge in [-0.3, -0.25) is 0 Å². The zero-order valence-electron chi connectivity index (χ0n) is 11.9. The largest absolute Gasteiger partial charge is 0.377 e. The van der Waals surface area contributed by atoms with Gasteiger partial charge in [-0.2, -0.15) is 0 Å². The van der Waals surface area contributed by atoms with Crippen LogP contribution in [-0.4, -0.2) is 38.9 Å². The Morgan fingerprint density at radius 2 is 2.33 bits per heavy atom. The smallest absolute Gasteiger partial charge is 0.143 e. The third kappa shape index (κ3) is 3.76. The summed E-state index contributed by atoms with van der Waals surface area (Å²) in [4.78, 5) is 2.20. The summed E-state index contributed by atoms with van der Waals surface area (Å²) < 4.78 is 19.0. The lowest BCUT2D eigenvalue weighted by molar-refractivity contribution is 0.148. The molecule has 3 nitrogen and oxygen atoms in total. The normalized spacial score (nSPS) is 22.5. The van der Waals surface area contributed by atoms with Crippen LogP contribution in [0.3, 0.4) is 0 Å². The maximum atomic E-state index is 13.5. The molecule has 0 unspecified atom stereocenters. The quantitative estimate of drug-likeness (QED) is 0.865. The van der Waals surface area contributed by atoms with Crippen LogP contribution in [0.1, 0.15) is 12.8 Å². The lowest BCUT2D eigenvalue weighted by Gasteiger charge is -2.20. The van der Waals surface area contributed by atoms with Crippen LogP contribution < -0.4 is 10.2 Å². The number of nitrogens with one attached hydrogen (secondary N) is 1. The van der Waals surface area contributed by atoms with Gasteiger partial charge >= 0.3 is 0 Å². The molecular weight excluding hydrogens is 291 g/mol. The molecule has 1 N–H and O–H groups in total. The van der Waals surface area contributed by atoms with E-state index < -0.39 is 0 Å². The maximum Gasteiger partial charge on any atom is 0.143 e. The molecule has 0 aromatic heterocycles. The molecule has 1 saturated heterocycles. The number of halogens is 2. The molecular formula is C16H20ClFN2O. The number of anilines is 1. The van der Waals surface area contributed by atoms with Crippen LogP contribution in [0.2, 0.25) is 5.02 Å². The predicted molar refractivity (Wildman–Crippen MR) is 83.5 cm³/mol. The topological polar surface area (TPSA) is 24.5 Å². The SMILES string of the molecule is Fc1cc(N2CC[C@@H](NCC3=CCCOC3)C2)ccc1Cl. The number of hydrogen-bond donors (Lipinski definition) is 1. The van der Waals surface area contributed by atoms with Crippen molar-refractivity contribution in [1.82, 2.24) is 5.32 Å². The monoisotopic (exact) mass is 310 g/mol. The second kappa shape index (κ2) is 6.77.